The Morgan fingerprint density at radius 1 is 1.25 bits per heavy atom. The van der Waals surface area contributed by atoms with E-state index in [0.717, 1.165) is 17.8 Å². The monoisotopic (exact) mass is 304 g/mol. The Morgan fingerprint density at radius 2 is 1.95 bits per heavy atom. The van der Waals surface area contributed by atoms with Crippen LogP contribution in [-0.4, -0.2) is 11.5 Å². The van der Waals surface area contributed by atoms with E-state index in [2.05, 4.69) is 36.5 Å². The normalized spacial score (nSPS) is 11.9. The maximum absolute atomic E-state index is 5.98. The second-order valence-corrected chi connectivity index (χ2v) is 5.62. The molecule has 0 fully saturated rings. The maximum atomic E-state index is 5.98. The molecule has 0 saturated heterocycles. The summed E-state index contributed by atoms with van der Waals surface area (Å²) in [5, 5.41) is 4.03. The van der Waals surface area contributed by atoms with Crippen molar-refractivity contribution in [3.05, 3.63) is 64.7 Å². The van der Waals surface area contributed by atoms with Gasteiger partial charge in [0.25, 0.3) is 0 Å². The van der Waals surface area contributed by atoms with E-state index in [1.54, 1.807) is 6.07 Å². The number of rotatable bonds is 5. The smallest absolute Gasteiger partial charge is 0.106 e. The third-order valence-electron chi connectivity index (χ3n) is 3.21. The summed E-state index contributed by atoms with van der Waals surface area (Å²) in [6.45, 7) is 2.99. The number of hydrogen-bond acceptors (Lipinski definition) is 2. The lowest BCUT2D eigenvalue weighted by Gasteiger charge is -2.16. The number of benzene rings is 2. The molecule has 0 aliphatic rings. The molecule has 0 aliphatic heterocycles. The number of thiocarbonyl (C=S) groups is 1. The summed E-state index contributed by atoms with van der Waals surface area (Å²) in [5.41, 5.74) is 8.74. The minimum absolute atomic E-state index is 0.349. The van der Waals surface area contributed by atoms with Crippen molar-refractivity contribution in [3.63, 3.8) is 0 Å². The van der Waals surface area contributed by atoms with Gasteiger partial charge in [-0.3, -0.25) is 0 Å². The van der Waals surface area contributed by atoms with Crippen LogP contribution < -0.4 is 11.1 Å². The third-order valence-corrected chi connectivity index (χ3v) is 3.67. The minimum Gasteiger partial charge on any atom is -0.389 e. The highest BCUT2D eigenvalue weighted by atomic mass is 35.5. The molecule has 20 heavy (non-hydrogen) atoms. The molecule has 4 heteroatoms. The fraction of sp³-hybridized carbons (Fsp3) is 0.188. The quantitative estimate of drug-likeness (QED) is 0.813. The van der Waals surface area contributed by atoms with E-state index >= 15 is 0 Å². The van der Waals surface area contributed by atoms with Crippen LogP contribution in [0.2, 0.25) is 5.02 Å². The summed E-state index contributed by atoms with van der Waals surface area (Å²) in [6, 6.07) is 15.9. The first-order valence-corrected chi connectivity index (χ1v) is 7.24. The second kappa shape index (κ2) is 6.73. The van der Waals surface area contributed by atoms with Crippen LogP contribution in [0.25, 0.3) is 0 Å². The second-order valence-electron chi connectivity index (χ2n) is 4.75. The van der Waals surface area contributed by atoms with Crippen LogP contribution in [-0.2, 0) is 0 Å². The first-order chi connectivity index (χ1) is 9.58. The van der Waals surface area contributed by atoms with Gasteiger partial charge >= 0.3 is 0 Å². The van der Waals surface area contributed by atoms with Crippen molar-refractivity contribution in [2.45, 2.75) is 12.8 Å². The van der Waals surface area contributed by atoms with Crippen molar-refractivity contribution in [2.75, 3.05) is 11.9 Å². The zero-order chi connectivity index (χ0) is 14.5. The highest BCUT2D eigenvalue weighted by Crippen LogP contribution is 2.22. The van der Waals surface area contributed by atoms with Crippen molar-refractivity contribution in [2.24, 2.45) is 5.73 Å². The number of hydrogen-bond donors (Lipinski definition) is 2. The first-order valence-electron chi connectivity index (χ1n) is 6.46. The number of nitrogens with two attached hydrogens (primary N) is 1. The molecule has 0 spiro atoms. The molecular formula is C16H17ClN2S. The van der Waals surface area contributed by atoms with Gasteiger partial charge < -0.3 is 11.1 Å². The van der Waals surface area contributed by atoms with E-state index in [1.165, 1.54) is 5.56 Å². The van der Waals surface area contributed by atoms with Crippen LogP contribution in [0.15, 0.2) is 48.5 Å². The van der Waals surface area contributed by atoms with Crippen LogP contribution in [0.5, 0.6) is 0 Å². The standard InChI is InChI=1S/C16H17ClN2S/c1-11(12-5-3-2-4-6-12)10-19-15-8-7-13(17)9-14(15)16(18)20/h2-9,11,19H,10H2,1H3,(H2,18,20). The zero-order valence-electron chi connectivity index (χ0n) is 11.3. The van der Waals surface area contributed by atoms with Crippen molar-refractivity contribution < 1.29 is 0 Å². The third kappa shape index (κ3) is 3.71. The fourth-order valence-corrected chi connectivity index (χ4v) is 2.38. The molecule has 3 N–H and O–H groups in total. The highest BCUT2D eigenvalue weighted by Gasteiger charge is 2.09. The molecule has 1 unspecified atom stereocenters. The van der Waals surface area contributed by atoms with Crippen LogP contribution in [0.4, 0.5) is 5.69 Å². The SMILES string of the molecule is CC(CNc1ccc(Cl)cc1C(N)=S)c1ccccc1. The summed E-state index contributed by atoms with van der Waals surface area (Å²) in [7, 11) is 0. The molecule has 2 aromatic carbocycles. The van der Waals surface area contributed by atoms with E-state index < -0.39 is 0 Å². The van der Waals surface area contributed by atoms with Gasteiger partial charge in [0.15, 0.2) is 0 Å². The molecule has 0 amide bonds. The molecule has 2 aromatic rings. The van der Waals surface area contributed by atoms with Crippen LogP contribution in [0, 0.1) is 0 Å². The van der Waals surface area contributed by atoms with Crippen molar-refractivity contribution in [1.29, 1.82) is 0 Å². The van der Waals surface area contributed by atoms with Crippen molar-refractivity contribution in [3.8, 4) is 0 Å². The van der Waals surface area contributed by atoms with E-state index in [-0.39, 0.29) is 0 Å². The molecule has 0 aromatic heterocycles. The Morgan fingerprint density at radius 3 is 2.60 bits per heavy atom. The van der Waals surface area contributed by atoms with E-state index in [1.807, 2.05) is 18.2 Å². The molecule has 0 heterocycles. The summed E-state index contributed by atoms with van der Waals surface area (Å²) in [5.74, 6) is 0.395. The molecule has 0 bridgehead atoms. The predicted molar refractivity (Wildman–Crippen MR) is 90.7 cm³/mol. The van der Waals surface area contributed by atoms with Gasteiger partial charge in [0.1, 0.15) is 4.99 Å². The molecule has 2 rings (SSSR count). The topological polar surface area (TPSA) is 38.0 Å². The summed E-state index contributed by atoms with van der Waals surface area (Å²) < 4.78 is 0. The summed E-state index contributed by atoms with van der Waals surface area (Å²) in [6.07, 6.45) is 0. The molecule has 1 atom stereocenters. The van der Waals surface area contributed by atoms with Gasteiger partial charge in [0.05, 0.1) is 0 Å². The minimum atomic E-state index is 0.349. The average molecular weight is 305 g/mol. The fourth-order valence-electron chi connectivity index (χ4n) is 2.04. The number of anilines is 1. The van der Waals surface area contributed by atoms with Crippen molar-refractivity contribution >= 4 is 34.5 Å². The maximum Gasteiger partial charge on any atom is 0.106 e. The lowest BCUT2D eigenvalue weighted by atomic mass is 10.0. The van der Waals surface area contributed by atoms with Gasteiger partial charge in [-0.2, -0.15) is 0 Å². The lowest BCUT2D eigenvalue weighted by molar-refractivity contribution is 0.805. The number of nitrogens with one attached hydrogen (secondary N) is 1. The van der Waals surface area contributed by atoms with Crippen molar-refractivity contribution in [1.82, 2.24) is 0 Å². The van der Waals surface area contributed by atoms with Gasteiger partial charge in [-0.25, -0.2) is 0 Å². The van der Waals surface area contributed by atoms with E-state index in [4.69, 9.17) is 29.6 Å². The zero-order valence-corrected chi connectivity index (χ0v) is 12.8. The average Bonchev–Trinajstić information content (AvgIpc) is 2.46. The van der Waals surface area contributed by atoms with Gasteiger partial charge in [0.2, 0.25) is 0 Å². The van der Waals surface area contributed by atoms with Crippen LogP contribution in [0.1, 0.15) is 24.0 Å². The highest BCUT2D eigenvalue weighted by molar-refractivity contribution is 7.80. The molecule has 0 saturated carbocycles. The van der Waals surface area contributed by atoms with Gasteiger partial charge in [-0.05, 0) is 29.7 Å². The van der Waals surface area contributed by atoms with Gasteiger partial charge in [0, 0.05) is 22.8 Å². The van der Waals surface area contributed by atoms with Gasteiger partial charge in [-0.15, -0.1) is 0 Å². The Hall–Kier alpha value is -1.58. The Balaban J connectivity index is 2.09. The Kier molecular flexibility index (Phi) is 4.99. The first kappa shape index (κ1) is 14.8. The summed E-state index contributed by atoms with van der Waals surface area (Å²) in [4.78, 5) is 0.349. The molecule has 104 valence electrons. The molecule has 0 aliphatic carbocycles. The largest absolute Gasteiger partial charge is 0.389 e. The predicted octanol–water partition coefficient (Wildman–Crippen LogP) is 4.19. The Bertz CT molecular complexity index is 599. The Labute approximate surface area is 130 Å². The number of halogens is 1. The molecule has 2 nitrogen and oxygen atoms in total. The van der Waals surface area contributed by atoms with E-state index in [0.29, 0.717) is 15.9 Å². The molecule has 0 radical (unpaired) electrons. The molecular weight excluding hydrogens is 288 g/mol. The van der Waals surface area contributed by atoms with Gasteiger partial charge in [-0.1, -0.05) is 61.1 Å². The summed E-state index contributed by atoms with van der Waals surface area (Å²) >= 11 is 11.0. The van der Waals surface area contributed by atoms with Crippen LogP contribution >= 0.6 is 23.8 Å². The van der Waals surface area contributed by atoms with E-state index in [9.17, 15) is 0 Å². The lowest BCUT2D eigenvalue weighted by Crippen LogP contribution is -2.16. The van der Waals surface area contributed by atoms with Crippen LogP contribution in [0.3, 0.4) is 0 Å².